The van der Waals surface area contributed by atoms with Crippen LogP contribution >= 0.6 is 7.26 Å². The molecule has 9 heteroatoms. The number of hydrogen-bond donors (Lipinski definition) is 1. The fourth-order valence-electron chi connectivity index (χ4n) is 7.75. The molecule has 0 bridgehead atoms. The van der Waals surface area contributed by atoms with E-state index in [1.54, 1.807) is 0 Å². The van der Waals surface area contributed by atoms with Crippen molar-refractivity contribution in [2.24, 2.45) is 0 Å². The van der Waals surface area contributed by atoms with E-state index in [4.69, 9.17) is 5.10 Å². The van der Waals surface area contributed by atoms with E-state index in [2.05, 4.69) is 195 Å². The number of anilines is 2. The summed E-state index contributed by atoms with van der Waals surface area (Å²) in [5, 5.41) is 16.5. The van der Waals surface area contributed by atoms with Crippen LogP contribution in [0.1, 0.15) is 23.2 Å². The molecule has 0 radical (unpaired) electrons. The lowest BCUT2D eigenvalue weighted by Crippen LogP contribution is -3.00. The maximum Gasteiger partial charge on any atom is 0.212 e. The first-order chi connectivity index (χ1) is 25.2. The summed E-state index contributed by atoms with van der Waals surface area (Å²) in [4.78, 5) is 8.32. The molecule has 6 nitrogen and oxygen atoms in total. The molecule has 0 atom stereocenters. The largest absolute Gasteiger partial charge is 1.00 e. The first-order valence-corrected chi connectivity index (χ1v) is 23.3. The summed E-state index contributed by atoms with van der Waals surface area (Å²) >= 11 is 0. The second kappa shape index (κ2) is 16.3. The van der Waals surface area contributed by atoms with Gasteiger partial charge in [0, 0.05) is 76.3 Å². The molecule has 0 saturated heterocycles. The molecule has 0 saturated carbocycles. The van der Waals surface area contributed by atoms with Gasteiger partial charge < -0.3 is 26.8 Å². The Balaban J connectivity index is 0.00000481. The van der Waals surface area contributed by atoms with Gasteiger partial charge in [0.25, 0.3) is 0 Å². The molecular formula is C44H51BrN6PSi+. The molecule has 1 N–H and O–H groups in total. The Morgan fingerprint density at radius 2 is 1.13 bits per heavy atom. The minimum absolute atomic E-state index is 0. The van der Waals surface area contributed by atoms with Gasteiger partial charge >= 0.3 is 0 Å². The predicted octanol–water partition coefficient (Wildman–Crippen LogP) is 1.10. The van der Waals surface area contributed by atoms with Gasteiger partial charge in [-0.15, -0.1) is 5.10 Å². The Kier molecular flexibility index (Phi) is 11.8. The van der Waals surface area contributed by atoms with E-state index in [0.29, 0.717) is 0 Å². The average Bonchev–Trinajstić information content (AvgIpc) is 3.63. The Morgan fingerprint density at radius 1 is 0.660 bits per heavy atom. The van der Waals surface area contributed by atoms with Crippen molar-refractivity contribution in [1.82, 2.24) is 15.0 Å². The number of aromatic nitrogens is 3. The van der Waals surface area contributed by atoms with E-state index in [9.17, 15) is 0 Å². The SMILES string of the molecule is CN(C)c1ccc2c(c1)[Si](C)(C)c1cc(N(C)C)ccc1C2=[NH+]CCCn1cc(CC[P+](c2ccccc2)(c2ccccc2)c2ccccc2)nn1.[Br-]. The van der Waals surface area contributed by atoms with Gasteiger partial charge in [-0.1, -0.05) is 72.9 Å². The minimum atomic E-state index is -1.95. The highest BCUT2D eigenvalue weighted by Gasteiger charge is 2.45. The summed E-state index contributed by atoms with van der Waals surface area (Å²) in [6.07, 6.45) is 4.96. The van der Waals surface area contributed by atoms with Crippen molar-refractivity contribution in [3.05, 3.63) is 150 Å². The quantitative estimate of drug-likeness (QED) is 0.115. The molecule has 0 aliphatic carbocycles. The van der Waals surface area contributed by atoms with Crippen molar-refractivity contribution >= 4 is 58.7 Å². The predicted molar refractivity (Wildman–Crippen MR) is 226 cm³/mol. The molecule has 0 amide bonds. The molecule has 53 heavy (non-hydrogen) atoms. The summed E-state index contributed by atoms with van der Waals surface area (Å²) in [5.41, 5.74) is 7.49. The second-order valence-corrected chi connectivity index (χ2v) is 22.7. The monoisotopic (exact) mass is 801 g/mol. The molecule has 0 spiro atoms. The van der Waals surface area contributed by atoms with Crippen LogP contribution < -0.4 is 58.1 Å². The number of nitrogens with one attached hydrogen (secondary N) is 1. The normalized spacial score (nSPS) is 13.1. The van der Waals surface area contributed by atoms with Crippen LogP contribution in [0.4, 0.5) is 11.4 Å². The first-order valence-electron chi connectivity index (χ1n) is 18.4. The van der Waals surface area contributed by atoms with E-state index < -0.39 is 15.3 Å². The maximum absolute atomic E-state index is 4.69. The number of fused-ring (bicyclic) bond motifs is 2. The molecule has 0 fully saturated rings. The maximum atomic E-state index is 4.69. The topological polar surface area (TPSA) is 51.2 Å². The molecule has 7 rings (SSSR count). The molecule has 0 unspecified atom stereocenters. The smallest absolute Gasteiger partial charge is 0.212 e. The van der Waals surface area contributed by atoms with E-state index >= 15 is 0 Å². The lowest BCUT2D eigenvalue weighted by molar-refractivity contribution is -0.456. The highest BCUT2D eigenvalue weighted by atomic mass is 79.9. The van der Waals surface area contributed by atoms with Crippen molar-refractivity contribution in [3.8, 4) is 0 Å². The van der Waals surface area contributed by atoms with Crippen LogP contribution in [-0.4, -0.2) is 69.7 Å². The fraction of sp³-hybridized carbons (Fsp3) is 0.250. The van der Waals surface area contributed by atoms with Crippen molar-refractivity contribution in [3.63, 3.8) is 0 Å². The number of rotatable bonds is 12. The highest BCUT2D eigenvalue weighted by Crippen LogP contribution is 2.55. The zero-order chi connectivity index (χ0) is 36.3. The zero-order valence-electron chi connectivity index (χ0n) is 31.8. The third-order valence-electron chi connectivity index (χ3n) is 10.7. The molecule has 5 aromatic carbocycles. The molecule has 1 aromatic heterocycles. The molecular weight excluding hydrogens is 751 g/mol. The number of benzene rings is 5. The number of halogens is 1. The van der Waals surface area contributed by atoms with Crippen LogP contribution in [0.2, 0.25) is 13.1 Å². The second-order valence-electron chi connectivity index (χ2n) is 14.8. The Bertz CT molecular complexity index is 2010. The van der Waals surface area contributed by atoms with Crippen LogP contribution in [-0.2, 0) is 13.0 Å². The van der Waals surface area contributed by atoms with Gasteiger partial charge in [-0.05, 0) is 83.2 Å². The van der Waals surface area contributed by atoms with Gasteiger partial charge in [0.15, 0.2) is 0 Å². The van der Waals surface area contributed by atoms with Gasteiger partial charge in [-0.2, -0.15) is 0 Å². The number of nitrogens with zero attached hydrogens (tertiary/aromatic N) is 5. The van der Waals surface area contributed by atoms with E-state index in [1.807, 2.05) is 4.68 Å². The minimum Gasteiger partial charge on any atom is -1.00 e. The standard InChI is InChI=1S/C44H50N6PSi.BrH/c1-48(2)35-23-25-40-42(31-35)52(5,6)43-32-36(49(3)4)24-26-41(43)44(40)45-28-16-29-50-33-34(46-47-50)27-30-51(37-17-10-7-11-18-37,38-19-12-8-13-20-38)39-21-14-9-15-22-39;/h7-15,17-26,31-33H,16,27-30H2,1-6H3;1H/q+1;. The van der Waals surface area contributed by atoms with E-state index in [0.717, 1.165) is 37.8 Å². The molecule has 1 aliphatic rings. The molecule has 2 heterocycles. The van der Waals surface area contributed by atoms with Crippen LogP contribution in [0.15, 0.2) is 134 Å². The van der Waals surface area contributed by atoms with E-state index in [-0.39, 0.29) is 17.0 Å². The summed E-state index contributed by atoms with van der Waals surface area (Å²) in [6, 6.07) is 47.3. The fourth-order valence-corrected chi connectivity index (χ4v) is 15.1. The summed E-state index contributed by atoms with van der Waals surface area (Å²) < 4.78 is 2.03. The Labute approximate surface area is 327 Å². The van der Waals surface area contributed by atoms with E-state index in [1.165, 1.54) is 54.5 Å². The first kappa shape index (κ1) is 38.4. The van der Waals surface area contributed by atoms with Crippen LogP contribution in [0.5, 0.6) is 0 Å². The van der Waals surface area contributed by atoms with Crippen molar-refractivity contribution in [2.45, 2.75) is 32.5 Å². The van der Waals surface area contributed by atoms with Crippen molar-refractivity contribution in [2.75, 3.05) is 50.7 Å². The third kappa shape index (κ3) is 7.68. The van der Waals surface area contributed by atoms with Gasteiger partial charge in [0.1, 0.15) is 37.8 Å². The van der Waals surface area contributed by atoms with Crippen LogP contribution in [0.3, 0.4) is 0 Å². The number of aryl methyl sites for hydroxylation is 2. The lowest BCUT2D eigenvalue weighted by atomic mass is 10.00. The zero-order valence-corrected chi connectivity index (χ0v) is 35.3. The van der Waals surface area contributed by atoms with Gasteiger partial charge in [-0.3, -0.25) is 4.68 Å². The van der Waals surface area contributed by atoms with Gasteiger partial charge in [-0.25, -0.2) is 4.99 Å². The van der Waals surface area contributed by atoms with Crippen LogP contribution in [0, 0.1) is 0 Å². The van der Waals surface area contributed by atoms with Gasteiger partial charge in [0.05, 0.1) is 11.9 Å². The van der Waals surface area contributed by atoms with Crippen molar-refractivity contribution < 1.29 is 22.0 Å². The van der Waals surface area contributed by atoms with Crippen LogP contribution in [0.25, 0.3) is 0 Å². The summed E-state index contributed by atoms with van der Waals surface area (Å²) in [6.45, 7) is 6.64. The highest BCUT2D eigenvalue weighted by molar-refractivity contribution is 7.95. The van der Waals surface area contributed by atoms with Gasteiger partial charge in [0.2, 0.25) is 5.71 Å². The average molecular weight is 803 g/mol. The van der Waals surface area contributed by atoms with Crippen molar-refractivity contribution in [1.29, 1.82) is 0 Å². The molecule has 6 aromatic rings. The summed E-state index contributed by atoms with van der Waals surface area (Å²) in [5.74, 6) is 0. The Hall–Kier alpha value is -4.36. The Morgan fingerprint density at radius 3 is 1.58 bits per heavy atom. The third-order valence-corrected chi connectivity index (χ3v) is 18.6. The molecule has 1 aliphatic heterocycles. The number of hydrogen-bond acceptors (Lipinski definition) is 4. The lowest BCUT2D eigenvalue weighted by Gasteiger charge is -2.34. The summed E-state index contributed by atoms with van der Waals surface area (Å²) in [7, 11) is 4.64. The molecule has 272 valence electrons.